The number of carbonyl (C=O) groups is 1. The number of piperidine rings is 1. The first-order valence-electron chi connectivity index (χ1n) is 9.06. The number of amides is 1. The van der Waals surface area contributed by atoms with E-state index in [2.05, 4.69) is 20.0 Å². The average molecular weight is 355 g/mol. The molecule has 1 aromatic carbocycles. The Morgan fingerprint density at radius 1 is 1.00 bits per heavy atom. The fourth-order valence-corrected chi connectivity index (χ4v) is 3.83. The second-order valence-corrected chi connectivity index (χ2v) is 6.70. The lowest BCUT2D eigenvalue weighted by Gasteiger charge is -2.42. The number of benzene rings is 1. The molecule has 2 fully saturated rings. The minimum atomic E-state index is -0.339. The summed E-state index contributed by atoms with van der Waals surface area (Å²) < 4.78 is 14.1. The SMILES string of the molecule is O=C1C(N2CCN(c3cccnn3)CC2)CCCN1c1ccccc1F. The average Bonchev–Trinajstić information content (AvgIpc) is 2.70. The van der Waals surface area contributed by atoms with Gasteiger partial charge < -0.3 is 9.80 Å². The Balaban J connectivity index is 1.44. The summed E-state index contributed by atoms with van der Waals surface area (Å²) in [5.74, 6) is 0.540. The number of anilines is 2. The molecule has 0 radical (unpaired) electrons. The van der Waals surface area contributed by atoms with Crippen molar-refractivity contribution in [1.29, 1.82) is 0 Å². The van der Waals surface area contributed by atoms with Crippen molar-refractivity contribution in [2.24, 2.45) is 0 Å². The zero-order valence-electron chi connectivity index (χ0n) is 14.6. The van der Waals surface area contributed by atoms with Crippen molar-refractivity contribution in [3.63, 3.8) is 0 Å². The third-order valence-corrected chi connectivity index (χ3v) is 5.19. The Labute approximate surface area is 152 Å². The minimum absolute atomic E-state index is 0.00861. The van der Waals surface area contributed by atoms with Crippen LogP contribution in [0.1, 0.15) is 12.8 Å². The summed E-state index contributed by atoms with van der Waals surface area (Å²) in [7, 11) is 0. The lowest BCUT2D eigenvalue weighted by atomic mass is 10.0. The van der Waals surface area contributed by atoms with Crippen LogP contribution < -0.4 is 9.80 Å². The van der Waals surface area contributed by atoms with Gasteiger partial charge in [0.1, 0.15) is 5.82 Å². The quantitative estimate of drug-likeness (QED) is 0.842. The van der Waals surface area contributed by atoms with Gasteiger partial charge in [0, 0.05) is 38.9 Å². The smallest absolute Gasteiger partial charge is 0.244 e. The third-order valence-electron chi connectivity index (χ3n) is 5.19. The van der Waals surface area contributed by atoms with E-state index >= 15 is 0 Å². The number of carbonyl (C=O) groups excluding carboxylic acids is 1. The van der Waals surface area contributed by atoms with Crippen LogP contribution in [0.2, 0.25) is 0 Å². The van der Waals surface area contributed by atoms with Gasteiger partial charge in [-0.25, -0.2) is 4.39 Å². The molecule has 0 spiro atoms. The van der Waals surface area contributed by atoms with Gasteiger partial charge in [0.15, 0.2) is 5.82 Å². The van der Waals surface area contributed by atoms with Crippen LogP contribution in [-0.4, -0.2) is 59.8 Å². The highest BCUT2D eigenvalue weighted by Crippen LogP contribution is 2.27. The van der Waals surface area contributed by atoms with E-state index in [0.717, 1.165) is 44.8 Å². The largest absolute Gasteiger partial charge is 0.353 e. The lowest BCUT2D eigenvalue weighted by Crippen LogP contribution is -2.58. The molecule has 2 aromatic rings. The predicted molar refractivity (Wildman–Crippen MR) is 97.6 cm³/mol. The molecule has 7 heteroatoms. The standard InChI is InChI=1S/C19H22FN5O/c20-15-5-1-2-6-16(15)25-10-4-7-17(19(25)26)23-11-13-24(14-12-23)18-8-3-9-21-22-18/h1-3,5-6,8-9,17H,4,7,10-14H2. The van der Waals surface area contributed by atoms with Gasteiger partial charge in [0.2, 0.25) is 5.91 Å². The van der Waals surface area contributed by atoms with E-state index in [1.165, 1.54) is 6.07 Å². The second-order valence-electron chi connectivity index (χ2n) is 6.70. The highest BCUT2D eigenvalue weighted by Gasteiger charge is 2.36. The van der Waals surface area contributed by atoms with Gasteiger partial charge in [0.05, 0.1) is 11.7 Å². The molecule has 2 aliphatic heterocycles. The molecule has 1 amide bonds. The van der Waals surface area contributed by atoms with E-state index in [4.69, 9.17) is 0 Å². The first-order chi connectivity index (χ1) is 12.7. The van der Waals surface area contributed by atoms with Crippen molar-refractivity contribution < 1.29 is 9.18 Å². The first-order valence-corrected chi connectivity index (χ1v) is 9.06. The van der Waals surface area contributed by atoms with Crippen molar-refractivity contribution >= 4 is 17.4 Å². The van der Waals surface area contributed by atoms with E-state index in [1.807, 2.05) is 12.1 Å². The van der Waals surface area contributed by atoms with Crippen LogP contribution in [0, 0.1) is 5.82 Å². The fourth-order valence-electron chi connectivity index (χ4n) is 3.83. The van der Waals surface area contributed by atoms with Crippen LogP contribution >= 0.6 is 0 Å². The molecule has 0 bridgehead atoms. The first kappa shape index (κ1) is 16.9. The number of hydrogen-bond acceptors (Lipinski definition) is 5. The monoisotopic (exact) mass is 355 g/mol. The van der Waals surface area contributed by atoms with Crippen LogP contribution in [-0.2, 0) is 4.79 Å². The summed E-state index contributed by atoms with van der Waals surface area (Å²) in [6.07, 6.45) is 3.38. The maximum Gasteiger partial charge on any atom is 0.244 e. The summed E-state index contributed by atoms with van der Waals surface area (Å²) in [6, 6.07) is 10.2. The normalized spacial score (nSPS) is 21.9. The Kier molecular flexibility index (Phi) is 4.79. The van der Waals surface area contributed by atoms with Gasteiger partial charge >= 0.3 is 0 Å². The Morgan fingerprint density at radius 3 is 2.54 bits per heavy atom. The molecule has 1 aromatic heterocycles. The Morgan fingerprint density at radius 2 is 1.81 bits per heavy atom. The highest BCUT2D eigenvalue weighted by atomic mass is 19.1. The molecule has 0 saturated carbocycles. The molecule has 136 valence electrons. The van der Waals surface area contributed by atoms with E-state index < -0.39 is 0 Å². The van der Waals surface area contributed by atoms with Gasteiger partial charge in [-0.15, -0.1) is 5.10 Å². The molecule has 4 rings (SSSR count). The van der Waals surface area contributed by atoms with Gasteiger partial charge in [-0.05, 0) is 37.1 Å². The summed E-state index contributed by atoms with van der Waals surface area (Å²) in [4.78, 5) is 19.0. The van der Waals surface area contributed by atoms with Crippen molar-refractivity contribution in [3.8, 4) is 0 Å². The van der Waals surface area contributed by atoms with Gasteiger partial charge in [-0.3, -0.25) is 9.69 Å². The van der Waals surface area contributed by atoms with Crippen molar-refractivity contribution in [3.05, 3.63) is 48.4 Å². The molecular weight excluding hydrogens is 333 g/mol. The van der Waals surface area contributed by atoms with Crippen molar-refractivity contribution in [1.82, 2.24) is 15.1 Å². The molecule has 0 N–H and O–H groups in total. The van der Waals surface area contributed by atoms with Gasteiger partial charge in [-0.1, -0.05) is 12.1 Å². The number of piperazine rings is 1. The highest BCUT2D eigenvalue weighted by molar-refractivity contribution is 5.98. The van der Waals surface area contributed by atoms with E-state index in [1.54, 1.807) is 29.3 Å². The van der Waals surface area contributed by atoms with Gasteiger partial charge in [-0.2, -0.15) is 5.10 Å². The number of rotatable bonds is 3. The van der Waals surface area contributed by atoms with Gasteiger partial charge in [0.25, 0.3) is 0 Å². The number of aromatic nitrogens is 2. The lowest BCUT2D eigenvalue weighted by molar-refractivity contribution is -0.125. The molecule has 1 unspecified atom stereocenters. The van der Waals surface area contributed by atoms with Crippen LogP contribution in [0.15, 0.2) is 42.6 Å². The zero-order valence-corrected chi connectivity index (χ0v) is 14.6. The zero-order chi connectivity index (χ0) is 17.9. The van der Waals surface area contributed by atoms with Crippen LogP contribution in [0.25, 0.3) is 0 Å². The molecular formula is C19H22FN5O. The topological polar surface area (TPSA) is 52.6 Å². The third kappa shape index (κ3) is 3.26. The molecule has 0 aliphatic carbocycles. The van der Waals surface area contributed by atoms with Crippen LogP contribution in [0.4, 0.5) is 15.9 Å². The van der Waals surface area contributed by atoms with Crippen LogP contribution in [0.3, 0.4) is 0 Å². The number of nitrogens with zero attached hydrogens (tertiary/aromatic N) is 5. The van der Waals surface area contributed by atoms with E-state index in [0.29, 0.717) is 12.2 Å². The summed E-state index contributed by atoms with van der Waals surface area (Å²) in [5, 5.41) is 8.09. The van der Waals surface area contributed by atoms with Crippen molar-refractivity contribution in [2.75, 3.05) is 42.5 Å². The molecule has 1 atom stereocenters. The maximum absolute atomic E-state index is 14.1. The molecule has 3 heterocycles. The summed E-state index contributed by atoms with van der Waals surface area (Å²) in [6.45, 7) is 3.77. The van der Waals surface area contributed by atoms with E-state index in [9.17, 15) is 9.18 Å². The molecule has 2 saturated heterocycles. The number of halogens is 1. The Bertz CT molecular complexity index is 764. The minimum Gasteiger partial charge on any atom is -0.353 e. The van der Waals surface area contributed by atoms with E-state index in [-0.39, 0.29) is 17.8 Å². The molecule has 6 nitrogen and oxygen atoms in total. The van der Waals surface area contributed by atoms with Crippen LogP contribution in [0.5, 0.6) is 0 Å². The maximum atomic E-state index is 14.1. The summed E-state index contributed by atoms with van der Waals surface area (Å²) >= 11 is 0. The second kappa shape index (κ2) is 7.37. The number of para-hydroxylation sites is 1. The van der Waals surface area contributed by atoms with Crippen molar-refractivity contribution in [2.45, 2.75) is 18.9 Å². The predicted octanol–water partition coefficient (Wildman–Crippen LogP) is 1.93. The number of hydrogen-bond donors (Lipinski definition) is 0. The summed E-state index contributed by atoms with van der Waals surface area (Å²) in [5.41, 5.74) is 0.389. The Hall–Kier alpha value is -2.54. The molecule has 2 aliphatic rings. The molecule has 26 heavy (non-hydrogen) atoms. The fraction of sp³-hybridized carbons (Fsp3) is 0.421.